The van der Waals surface area contributed by atoms with Crippen LogP contribution in [0.3, 0.4) is 0 Å². The van der Waals surface area contributed by atoms with Crippen molar-refractivity contribution in [2.75, 3.05) is 27.4 Å². The Kier molecular flexibility index (Phi) is 5.73. The van der Waals surface area contributed by atoms with E-state index in [1.54, 1.807) is 0 Å². The number of amides is 1. The number of ether oxygens (including phenoxy) is 5. The van der Waals surface area contributed by atoms with Crippen LogP contribution in [-0.2, 0) is 28.5 Å². The average Bonchev–Trinajstić information content (AvgIpc) is 3.01. The Hall–Kier alpha value is -2.17. The fourth-order valence-corrected chi connectivity index (χ4v) is 4.57. The van der Waals surface area contributed by atoms with E-state index in [1.807, 2.05) is 37.3 Å². The number of rotatable bonds is 5. The maximum atomic E-state index is 13.2. The van der Waals surface area contributed by atoms with Gasteiger partial charge in [-0.25, -0.2) is 0 Å². The molecule has 3 fully saturated rings. The molecule has 3 aliphatic rings. The lowest BCUT2D eigenvalue weighted by molar-refractivity contribution is -0.386. The minimum Gasteiger partial charge on any atom is -0.481 e. The second kappa shape index (κ2) is 8.16. The molecule has 0 saturated carbocycles. The van der Waals surface area contributed by atoms with Gasteiger partial charge in [-0.1, -0.05) is 37.3 Å². The molecule has 9 heteroatoms. The molecule has 1 aromatic carbocycles. The summed E-state index contributed by atoms with van der Waals surface area (Å²) in [4.78, 5) is 14.5. The molecular weight excluding hydrogens is 394 g/mol. The molecule has 0 aliphatic carbocycles. The van der Waals surface area contributed by atoms with E-state index < -0.39 is 48.3 Å². The first-order chi connectivity index (χ1) is 14.5. The van der Waals surface area contributed by atoms with Gasteiger partial charge in [-0.3, -0.25) is 4.79 Å². The van der Waals surface area contributed by atoms with Gasteiger partial charge in [-0.05, 0) is 6.42 Å². The second-order valence-corrected chi connectivity index (χ2v) is 7.55. The van der Waals surface area contributed by atoms with Crippen LogP contribution in [0.25, 0.3) is 0 Å². The molecule has 164 valence electrons. The predicted molar refractivity (Wildman–Crippen MR) is 103 cm³/mol. The summed E-state index contributed by atoms with van der Waals surface area (Å²) >= 11 is 0. The van der Waals surface area contributed by atoms with Gasteiger partial charge in [-0.2, -0.15) is 0 Å². The summed E-state index contributed by atoms with van der Waals surface area (Å²) in [5, 5.41) is 22.3. The number of hydrogen-bond donors (Lipinski definition) is 2. The Morgan fingerprint density at radius 3 is 2.63 bits per heavy atom. The van der Waals surface area contributed by atoms with Gasteiger partial charge < -0.3 is 38.8 Å². The number of fused-ring (bicyclic) bond motifs is 3. The lowest BCUT2D eigenvalue weighted by Crippen LogP contribution is -2.70. The zero-order valence-electron chi connectivity index (χ0n) is 17.2. The van der Waals surface area contributed by atoms with Crippen molar-refractivity contribution in [2.24, 2.45) is 5.92 Å². The number of nitrogens with zero attached hydrogens (tertiary/aromatic N) is 1. The molecule has 0 unspecified atom stereocenters. The van der Waals surface area contributed by atoms with Crippen LogP contribution in [0.5, 0.6) is 0 Å². The summed E-state index contributed by atoms with van der Waals surface area (Å²) in [7, 11) is 2.67. The molecule has 0 radical (unpaired) electrons. The quantitative estimate of drug-likeness (QED) is 0.543. The lowest BCUT2D eigenvalue weighted by Gasteiger charge is -2.53. The Balaban J connectivity index is 1.79. The van der Waals surface area contributed by atoms with Crippen LogP contribution >= 0.6 is 0 Å². The smallest absolute Gasteiger partial charge is 0.286 e. The zero-order valence-corrected chi connectivity index (χ0v) is 17.2. The van der Waals surface area contributed by atoms with Crippen molar-refractivity contribution in [2.45, 2.75) is 43.9 Å². The maximum absolute atomic E-state index is 13.2. The van der Waals surface area contributed by atoms with Gasteiger partial charge in [-0.15, -0.1) is 0 Å². The number of benzene rings is 1. The Morgan fingerprint density at radius 1 is 1.27 bits per heavy atom. The Bertz CT molecular complexity index is 814. The number of aliphatic hydroxyl groups excluding tert-OH is 1. The van der Waals surface area contributed by atoms with Crippen molar-refractivity contribution in [1.29, 1.82) is 0 Å². The van der Waals surface area contributed by atoms with E-state index in [2.05, 4.69) is 0 Å². The highest BCUT2D eigenvalue weighted by Gasteiger charge is 2.69. The third-order valence-electron chi connectivity index (χ3n) is 5.87. The Labute approximate surface area is 174 Å². The highest BCUT2D eigenvalue weighted by Crippen LogP contribution is 2.51. The van der Waals surface area contributed by atoms with Crippen molar-refractivity contribution in [3.8, 4) is 0 Å². The Morgan fingerprint density at radius 2 is 2.00 bits per heavy atom. The number of methoxy groups -OCH3 is 2. The van der Waals surface area contributed by atoms with Crippen LogP contribution in [0.2, 0.25) is 0 Å². The van der Waals surface area contributed by atoms with E-state index in [0.717, 1.165) is 5.56 Å². The van der Waals surface area contributed by atoms with Crippen LogP contribution < -0.4 is 0 Å². The molecule has 3 saturated heterocycles. The van der Waals surface area contributed by atoms with Gasteiger partial charge in [0.25, 0.3) is 11.9 Å². The molecule has 0 bridgehead atoms. The summed E-state index contributed by atoms with van der Waals surface area (Å²) in [5.74, 6) is -2.14. The van der Waals surface area contributed by atoms with Crippen molar-refractivity contribution in [1.82, 2.24) is 4.90 Å². The van der Waals surface area contributed by atoms with E-state index in [9.17, 15) is 15.0 Å². The first kappa shape index (κ1) is 21.1. The normalized spacial score (nSPS) is 37.5. The van der Waals surface area contributed by atoms with Crippen LogP contribution in [0.15, 0.2) is 41.9 Å². The third-order valence-corrected chi connectivity index (χ3v) is 5.87. The largest absolute Gasteiger partial charge is 0.481 e. The summed E-state index contributed by atoms with van der Waals surface area (Å²) in [6.45, 7) is 2.29. The van der Waals surface area contributed by atoms with Crippen LogP contribution in [0, 0.1) is 5.92 Å². The second-order valence-electron chi connectivity index (χ2n) is 7.55. The first-order valence-corrected chi connectivity index (χ1v) is 9.99. The molecule has 2 N–H and O–H groups in total. The minimum atomic E-state index is -1.81. The molecule has 3 aliphatic heterocycles. The fourth-order valence-electron chi connectivity index (χ4n) is 4.57. The summed E-state index contributed by atoms with van der Waals surface area (Å²) in [6, 6.07) is 9.34. The molecule has 3 heterocycles. The van der Waals surface area contributed by atoms with Crippen LogP contribution in [0.4, 0.5) is 0 Å². The highest BCUT2D eigenvalue weighted by molar-refractivity contribution is 5.98. The average molecular weight is 421 g/mol. The van der Waals surface area contributed by atoms with Crippen molar-refractivity contribution in [3.05, 3.63) is 47.4 Å². The van der Waals surface area contributed by atoms with E-state index >= 15 is 0 Å². The van der Waals surface area contributed by atoms with Gasteiger partial charge >= 0.3 is 0 Å². The molecular formula is C21H27NO8. The summed E-state index contributed by atoms with van der Waals surface area (Å²) in [6.07, 6.45) is -2.74. The molecule has 9 nitrogen and oxygen atoms in total. The van der Waals surface area contributed by atoms with E-state index in [4.69, 9.17) is 23.7 Å². The minimum absolute atomic E-state index is 0.0925. The fraction of sp³-hybridized carbons (Fsp3) is 0.571. The van der Waals surface area contributed by atoms with Crippen LogP contribution in [-0.4, -0.2) is 72.6 Å². The molecule has 0 aromatic heterocycles. The van der Waals surface area contributed by atoms with Crippen molar-refractivity contribution >= 4 is 5.91 Å². The third kappa shape index (κ3) is 3.09. The van der Waals surface area contributed by atoms with Gasteiger partial charge in [0.05, 0.1) is 19.6 Å². The molecule has 1 amide bonds. The summed E-state index contributed by atoms with van der Waals surface area (Å²) < 4.78 is 28.4. The molecule has 0 spiro atoms. The van der Waals surface area contributed by atoms with Crippen molar-refractivity contribution in [3.63, 3.8) is 0 Å². The molecule has 6 atom stereocenters. The van der Waals surface area contributed by atoms with Gasteiger partial charge in [0, 0.05) is 19.2 Å². The number of likely N-dealkylation sites (tertiary alicyclic amines) is 1. The van der Waals surface area contributed by atoms with Gasteiger partial charge in [0.1, 0.15) is 17.8 Å². The summed E-state index contributed by atoms with van der Waals surface area (Å²) in [5.41, 5.74) is -1.12. The van der Waals surface area contributed by atoms with Gasteiger partial charge in [0.15, 0.2) is 18.3 Å². The number of hydrogen-bond acceptors (Lipinski definition) is 8. The molecule has 1 aromatic rings. The van der Waals surface area contributed by atoms with Crippen LogP contribution in [0.1, 0.15) is 25.2 Å². The van der Waals surface area contributed by atoms with Crippen molar-refractivity contribution < 1.29 is 38.7 Å². The molecule has 30 heavy (non-hydrogen) atoms. The van der Waals surface area contributed by atoms with E-state index in [-0.39, 0.29) is 18.7 Å². The van der Waals surface area contributed by atoms with Gasteiger partial charge in [0.2, 0.25) is 0 Å². The molecule has 4 rings (SSSR count). The number of carbonyl (C=O) groups excluding carboxylic acids is 1. The first-order valence-electron chi connectivity index (χ1n) is 9.99. The number of carbonyl (C=O) groups is 1. The SMILES string of the molecule is CCCN1C(=O)/C(=C(\O)OC)[C@H]2[C@@H](OC)O[C@@H]3CO[C@@H](c4ccccc4)O[C@H]3[C@]21O. The topological polar surface area (TPSA) is 107 Å². The van der Waals surface area contributed by atoms with E-state index in [0.29, 0.717) is 6.42 Å². The number of aliphatic hydroxyl groups is 2. The lowest BCUT2D eigenvalue weighted by atomic mass is 9.82. The zero-order chi connectivity index (χ0) is 21.5. The standard InChI is InChI=1S/C21H27NO8/c1-4-10-22-17(23)14(18(24)26-2)15-20(27-3)29-13-11-28-19(12-8-6-5-7-9-12)30-16(13)21(15,22)25/h5-9,13,15-16,19-20,24-25H,4,10-11H2,1-3H3/b18-14+/t13-,15+,16-,19-,20+,21-/m1/s1. The highest BCUT2D eigenvalue weighted by atomic mass is 16.7. The van der Waals surface area contributed by atoms with E-state index in [1.165, 1.54) is 19.1 Å². The predicted octanol–water partition coefficient (Wildman–Crippen LogP) is 1.44. The maximum Gasteiger partial charge on any atom is 0.286 e. The monoisotopic (exact) mass is 421 g/mol.